The first-order valence-corrected chi connectivity index (χ1v) is 9.36. The van der Waals surface area contributed by atoms with Crippen LogP contribution in [0.5, 0.6) is 5.88 Å². The quantitative estimate of drug-likeness (QED) is 0.642. The minimum absolute atomic E-state index is 0.293. The van der Waals surface area contributed by atoms with E-state index in [1.807, 2.05) is 27.7 Å². The lowest BCUT2D eigenvalue weighted by atomic mass is 9.95. The molecule has 6 nitrogen and oxygen atoms in total. The third-order valence-electron chi connectivity index (χ3n) is 3.91. The van der Waals surface area contributed by atoms with Gasteiger partial charge in [0.2, 0.25) is 5.88 Å². The number of aromatic nitrogens is 2. The van der Waals surface area contributed by atoms with Gasteiger partial charge in [-0.25, -0.2) is 4.68 Å². The third kappa shape index (κ3) is 4.11. The van der Waals surface area contributed by atoms with Gasteiger partial charge in [0.25, 0.3) is 0 Å². The van der Waals surface area contributed by atoms with Gasteiger partial charge in [-0.15, -0.1) is 0 Å². The van der Waals surface area contributed by atoms with Gasteiger partial charge in [-0.3, -0.25) is 0 Å². The molecule has 0 atom stereocenters. The van der Waals surface area contributed by atoms with Gasteiger partial charge in [-0.05, 0) is 48.0 Å². The molecule has 144 valence electrons. The summed E-state index contributed by atoms with van der Waals surface area (Å²) >= 11 is 0. The number of nitrogens with zero attached hydrogens (tertiary/aromatic N) is 2. The lowest BCUT2D eigenvalue weighted by Gasteiger charge is -2.34. The first-order valence-electron chi connectivity index (χ1n) is 7.95. The van der Waals surface area contributed by atoms with E-state index in [2.05, 4.69) is 14.6 Å². The number of fused-ring (bicyclic) bond motifs is 1. The zero-order chi connectivity index (χ0) is 19.4. The van der Waals surface area contributed by atoms with Crippen LogP contribution in [0.3, 0.4) is 0 Å². The number of hydrogen-bond acceptors (Lipinski definition) is 5. The lowest BCUT2D eigenvalue weighted by Crippen LogP contribution is -2.52. The normalized spacial score (nSPS) is 20.2. The molecule has 0 amide bonds. The summed E-state index contributed by atoms with van der Waals surface area (Å²) in [4.78, 5) is 0. The second kappa shape index (κ2) is 5.87. The van der Waals surface area contributed by atoms with Gasteiger partial charge < -0.3 is 9.50 Å². The standard InChI is InChI=1S/C15H24F3N3O3S/c1-9(2)21-12(24-25(22,23)15(16,17)18)10-7-13(3,4)20-14(5,6)8-11(10)19-21/h9,20H,7-8H2,1-6H3. The van der Waals surface area contributed by atoms with Gasteiger partial charge in [0.15, 0.2) is 0 Å². The maximum atomic E-state index is 12.8. The van der Waals surface area contributed by atoms with Crippen molar-refractivity contribution in [2.45, 2.75) is 77.0 Å². The Morgan fingerprint density at radius 1 is 1.16 bits per heavy atom. The highest BCUT2D eigenvalue weighted by atomic mass is 32.2. The van der Waals surface area contributed by atoms with Crippen LogP contribution in [0.15, 0.2) is 0 Å². The SMILES string of the molecule is CC(C)n1nc2c(c1OS(=O)(=O)C(F)(F)F)CC(C)(C)NC(C)(C)C2. The predicted octanol–water partition coefficient (Wildman–Crippen LogP) is 2.94. The summed E-state index contributed by atoms with van der Waals surface area (Å²) in [7, 11) is -5.77. The average molecular weight is 383 g/mol. The molecule has 25 heavy (non-hydrogen) atoms. The Balaban J connectivity index is 2.63. The molecule has 0 saturated carbocycles. The molecule has 0 unspecified atom stereocenters. The molecule has 1 aliphatic heterocycles. The average Bonchev–Trinajstić information content (AvgIpc) is 2.59. The van der Waals surface area contributed by atoms with Crippen molar-refractivity contribution in [2.24, 2.45) is 0 Å². The van der Waals surface area contributed by atoms with Gasteiger partial charge in [0.05, 0.1) is 11.7 Å². The van der Waals surface area contributed by atoms with Crippen molar-refractivity contribution < 1.29 is 25.8 Å². The molecule has 1 aromatic heterocycles. The number of nitrogens with one attached hydrogen (secondary N) is 1. The van der Waals surface area contributed by atoms with Crippen molar-refractivity contribution in [1.82, 2.24) is 15.1 Å². The second-order valence-electron chi connectivity index (χ2n) is 8.00. The van der Waals surface area contributed by atoms with Crippen molar-refractivity contribution in [3.05, 3.63) is 11.3 Å². The summed E-state index contributed by atoms with van der Waals surface area (Å²) < 4.78 is 67.2. The molecule has 0 saturated heterocycles. The van der Waals surface area contributed by atoms with Crippen molar-refractivity contribution in [3.63, 3.8) is 0 Å². The van der Waals surface area contributed by atoms with Gasteiger partial charge in [-0.1, -0.05) is 0 Å². The Bertz CT molecular complexity index is 765. The molecule has 1 aromatic rings. The van der Waals surface area contributed by atoms with Gasteiger partial charge >= 0.3 is 15.6 Å². The first kappa shape index (κ1) is 20.0. The Kier molecular flexibility index (Phi) is 4.70. The third-order valence-corrected chi connectivity index (χ3v) is 4.85. The highest BCUT2D eigenvalue weighted by Gasteiger charge is 2.50. The lowest BCUT2D eigenvalue weighted by molar-refractivity contribution is -0.0503. The molecule has 1 aliphatic rings. The van der Waals surface area contributed by atoms with Crippen LogP contribution < -0.4 is 9.50 Å². The van der Waals surface area contributed by atoms with E-state index < -0.39 is 21.2 Å². The number of rotatable bonds is 3. The van der Waals surface area contributed by atoms with E-state index in [1.165, 1.54) is 4.68 Å². The maximum Gasteiger partial charge on any atom is 0.534 e. The van der Waals surface area contributed by atoms with Crippen LogP contribution in [0.1, 0.15) is 58.8 Å². The molecule has 0 aromatic carbocycles. The largest absolute Gasteiger partial charge is 0.534 e. The molecule has 0 spiro atoms. The van der Waals surface area contributed by atoms with E-state index in [-0.39, 0.29) is 17.5 Å². The summed E-state index contributed by atoms with van der Waals surface area (Å²) in [5, 5.41) is 7.78. The molecule has 0 radical (unpaired) electrons. The fourth-order valence-electron chi connectivity index (χ4n) is 3.27. The zero-order valence-electron chi connectivity index (χ0n) is 15.2. The Labute approximate surface area is 145 Å². The topological polar surface area (TPSA) is 73.2 Å². The Hall–Kier alpha value is -1.29. The summed E-state index contributed by atoms with van der Waals surface area (Å²) in [5.74, 6) is -0.352. The van der Waals surface area contributed by atoms with E-state index in [0.29, 0.717) is 24.1 Å². The number of alkyl halides is 3. The second-order valence-corrected chi connectivity index (χ2v) is 9.54. The summed E-state index contributed by atoms with van der Waals surface area (Å²) in [5.41, 5.74) is -5.39. The fraction of sp³-hybridized carbons (Fsp3) is 0.800. The molecule has 0 fully saturated rings. The predicted molar refractivity (Wildman–Crippen MR) is 86.9 cm³/mol. The van der Waals surface area contributed by atoms with Crippen LogP contribution in [0, 0.1) is 0 Å². The van der Waals surface area contributed by atoms with Crippen LogP contribution >= 0.6 is 0 Å². The van der Waals surface area contributed by atoms with Crippen LogP contribution in [-0.4, -0.2) is 34.8 Å². The van der Waals surface area contributed by atoms with Crippen molar-refractivity contribution >= 4 is 10.1 Å². The summed E-state index contributed by atoms with van der Waals surface area (Å²) in [6, 6.07) is -0.357. The minimum Gasteiger partial charge on any atom is -0.355 e. The fourth-order valence-corrected chi connectivity index (χ4v) is 3.75. The molecule has 0 aliphatic carbocycles. The van der Waals surface area contributed by atoms with Gasteiger partial charge in [0.1, 0.15) is 0 Å². The molecular weight excluding hydrogens is 359 g/mol. The zero-order valence-corrected chi connectivity index (χ0v) is 16.0. The highest BCUT2D eigenvalue weighted by Crippen LogP contribution is 2.37. The maximum absolute atomic E-state index is 12.8. The highest BCUT2D eigenvalue weighted by molar-refractivity contribution is 7.87. The van der Waals surface area contributed by atoms with Gasteiger partial charge in [-0.2, -0.15) is 26.7 Å². The van der Waals surface area contributed by atoms with Crippen LogP contribution in [0.25, 0.3) is 0 Å². The summed E-state index contributed by atoms with van der Waals surface area (Å²) in [6.45, 7) is 11.1. The Morgan fingerprint density at radius 2 is 1.68 bits per heavy atom. The van der Waals surface area contributed by atoms with Crippen molar-refractivity contribution in [3.8, 4) is 5.88 Å². The van der Waals surface area contributed by atoms with Crippen LogP contribution in [0.2, 0.25) is 0 Å². The molecular formula is C15H24F3N3O3S. The minimum atomic E-state index is -5.77. The van der Waals surface area contributed by atoms with Crippen molar-refractivity contribution in [2.75, 3.05) is 0 Å². The van der Waals surface area contributed by atoms with Crippen LogP contribution in [-0.2, 0) is 23.0 Å². The van der Waals surface area contributed by atoms with E-state index in [0.717, 1.165) is 0 Å². The van der Waals surface area contributed by atoms with Crippen LogP contribution in [0.4, 0.5) is 13.2 Å². The monoisotopic (exact) mass is 383 g/mol. The molecule has 2 heterocycles. The van der Waals surface area contributed by atoms with E-state index in [9.17, 15) is 21.6 Å². The van der Waals surface area contributed by atoms with E-state index in [1.54, 1.807) is 13.8 Å². The Morgan fingerprint density at radius 3 is 2.16 bits per heavy atom. The molecule has 2 rings (SSSR count). The first-order chi connectivity index (χ1) is 11.0. The molecule has 10 heteroatoms. The van der Waals surface area contributed by atoms with E-state index in [4.69, 9.17) is 0 Å². The smallest absolute Gasteiger partial charge is 0.355 e. The van der Waals surface area contributed by atoms with Crippen molar-refractivity contribution in [1.29, 1.82) is 0 Å². The molecule has 0 bridgehead atoms. The van der Waals surface area contributed by atoms with E-state index >= 15 is 0 Å². The summed E-state index contributed by atoms with van der Waals surface area (Å²) in [6.07, 6.45) is 0.731. The number of hydrogen-bond donors (Lipinski definition) is 1. The molecule has 1 N–H and O–H groups in total. The number of halogens is 3. The van der Waals surface area contributed by atoms with Gasteiger partial charge in [0, 0.05) is 23.1 Å².